The van der Waals surface area contributed by atoms with Gasteiger partial charge in [-0.05, 0) is 36.7 Å². The molecule has 0 spiro atoms. The molecule has 0 heteroatoms. The molecule has 0 aromatic heterocycles. The molecule has 66 valence electrons. The maximum atomic E-state index is 2.46. The van der Waals surface area contributed by atoms with Gasteiger partial charge in [-0.3, -0.25) is 0 Å². The average molecular weight is 162 g/mol. The molecular formula is C12H18. The smallest absolute Gasteiger partial charge is 0.000313 e. The van der Waals surface area contributed by atoms with Crippen LogP contribution in [0.2, 0.25) is 0 Å². The van der Waals surface area contributed by atoms with E-state index in [2.05, 4.69) is 33.8 Å². The van der Waals surface area contributed by atoms with Crippen LogP contribution in [-0.4, -0.2) is 0 Å². The summed E-state index contributed by atoms with van der Waals surface area (Å²) in [6.07, 6.45) is 5.16. The van der Waals surface area contributed by atoms with Crippen LogP contribution in [0.5, 0.6) is 0 Å². The first-order valence-corrected chi connectivity index (χ1v) is 4.92. The molecule has 0 radical (unpaired) electrons. The first kappa shape index (κ1) is 8.10. The molecule has 0 saturated heterocycles. The van der Waals surface area contributed by atoms with Crippen molar-refractivity contribution in [2.45, 2.75) is 40.5 Å². The topological polar surface area (TPSA) is 0 Å². The van der Waals surface area contributed by atoms with E-state index >= 15 is 0 Å². The number of hydrogen-bond acceptors (Lipinski definition) is 0. The molecule has 0 nitrogen and oxygen atoms in total. The normalized spacial score (nSPS) is 28.3. The van der Waals surface area contributed by atoms with Crippen LogP contribution in [0.3, 0.4) is 0 Å². The Balaban J connectivity index is 2.42. The van der Waals surface area contributed by atoms with Crippen LogP contribution in [0.25, 0.3) is 0 Å². The van der Waals surface area contributed by atoms with Crippen LogP contribution < -0.4 is 0 Å². The van der Waals surface area contributed by atoms with Crippen molar-refractivity contribution in [3.8, 4) is 0 Å². The molecule has 0 aromatic carbocycles. The first-order valence-electron chi connectivity index (χ1n) is 4.92. The summed E-state index contributed by atoms with van der Waals surface area (Å²) < 4.78 is 0. The summed E-state index contributed by atoms with van der Waals surface area (Å²) in [6, 6.07) is 0. The van der Waals surface area contributed by atoms with Crippen LogP contribution in [-0.2, 0) is 0 Å². The molecule has 2 aliphatic carbocycles. The second-order valence-electron chi connectivity index (χ2n) is 5.14. The Kier molecular flexibility index (Phi) is 1.51. The Hall–Kier alpha value is -0.520. The van der Waals surface area contributed by atoms with E-state index in [1.54, 1.807) is 16.7 Å². The molecule has 1 unspecified atom stereocenters. The molecule has 0 saturated carbocycles. The van der Waals surface area contributed by atoms with Gasteiger partial charge in [-0.2, -0.15) is 0 Å². The van der Waals surface area contributed by atoms with Crippen molar-refractivity contribution in [1.82, 2.24) is 0 Å². The van der Waals surface area contributed by atoms with Gasteiger partial charge in [0.25, 0.3) is 0 Å². The van der Waals surface area contributed by atoms with E-state index in [-0.39, 0.29) is 0 Å². The van der Waals surface area contributed by atoms with E-state index in [4.69, 9.17) is 0 Å². The highest BCUT2D eigenvalue weighted by molar-refractivity contribution is 5.49. The van der Waals surface area contributed by atoms with Gasteiger partial charge in [0.2, 0.25) is 0 Å². The molecule has 2 rings (SSSR count). The third kappa shape index (κ3) is 0.972. The number of fused-ring (bicyclic) bond motifs is 1. The molecule has 0 aliphatic heterocycles. The molecule has 12 heavy (non-hydrogen) atoms. The van der Waals surface area contributed by atoms with Gasteiger partial charge in [-0.15, -0.1) is 0 Å². The summed E-state index contributed by atoms with van der Waals surface area (Å²) in [7, 11) is 0. The van der Waals surface area contributed by atoms with Crippen molar-refractivity contribution < 1.29 is 0 Å². The van der Waals surface area contributed by atoms with E-state index in [0.29, 0.717) is 5.41 Å². The predicted molar refractivity (Wildman–Crippen MR) is 53.0 cm³/mol. The van der Waals surface area contributed by atoms with E-state index < -0.39 is 0 Å². The van der Waals surface area contributed by atoms with E-state index in [1.165, 1.54) is 12.8 Å². The zero-order valence-electron chi connectivity index (χ0n) is 8.57. The lowest BCUT2D eigenvalue weighted by Crippen LogP contribution is -2.12. The summed E-state index contributed by atoms with van der Waals surface area (Å²) in [5.41, 5.74) is 5.34. The van der Waals surface area contributed by atoms with Crippen LogP contribution in [0, 0.1) is 11.3 Å². The summed E-state index contributed by atoms with van der Waals surface area (Å²) in [5, 5.41) is 0. The highest BCUT2D eigenvalue weighted by Crippen LogP contribution is 2.50. The molecule has 0 fully saturated rings. The standard InChI is InChI=1S/C12H18/c1-8-7-9-5-6-10(8)11(9)12(2,3)4/h7,9H,5-6H2,1-4H3. The molecule has 0 N–H and O–H groups in total. The fourth-order valence-electron chi connectivity index (χ4n) is 2.79. The second-order valence-corrected chi connectivity index (χ2v) is 5.14. The van der Waals surface area contributed by atoms with Crippen molar-refractivity contribution in [3.05, 3.63) is 22.8 Å². The van der Waals surface area contributed by atoms with E-state index in [9.17, 15) is 0 Å². The summed E-state index contributed by atoms with van der Waals surface area (Å²) >= 11 is 0. The highest BCUT2D eigenvalue weighted by atomic mass is 14.4. The van der Waals surface area contributed by atoms with Gasteiger partial charge < -0.3 is 0 Å². The van der Waals surface area contributed by atoms with E-state index in [0.717, 1.165) is 5.92 Å². The zero-order valence-corrected chi connectivity index (χ0v) is 8.57. The molecule has 1 atom stereocenters. The fourth-order valence-corrected chi connectivity index (χ4v) is 2.79. The minimum absolute atomic E-state index is 0.394. The Morgan fingerprint density at radius 1 is 1.33 bits per heavy atom. The number of hydrogen-bond donors (Lipinski definition) is 0. The number of rotatable bonds is 0. The summed E-state index contributed by atoms with van der Waals surface area (Å²) in [4.78, 5) is 0. The van der Waals surface area contributed by atoms with Crippen molar-refractivity contribution in [2.24, 2.45) is 11.3 Å². The third-order valence-electron chi connectivity index (χ3n) is 3.14. The van der Waals surface area contributed by atoms with Crippen LogP contribution in [0.4, 0.5) is 0 Å². The fraction of sp³-hybridized carbons (Fsp3) is 0.667. The predicted octanol–water partition coefficient (Wildman–Crippen LogP) is 3.70. The third-order valence-corrected chi connectivity index (χ3v) is 3.14. The van der Waals surface area contributed by atoms with Gasteiger partial charge in [0.05, 0.1) is 0 Å². The monoisotopic (exact) mass is 162 g/mol. The molecule has 0 heterocycles. The van der Waals surface area contributed by atoms with Gasteiger partial charge in [0.1, 0.15) is 0 Å². The lowest BCUT2D eigenvalue weighted by Gasteiger charge is -2.23. The van der Waals surface area contributed by atoms with Crippen molar-refractivity contribution >= 4 is 0 Å². The lowest BCUT2D eigenvalue weighted by atomic mass is 9.81. The van der Waals surface area contributed by atoms with Crippen molar-refractivity contribution in [2.75, 3.05) is 0 Å². The van der Waals surface area contributed by atoms with Gasteiger partial charge in [0.15, 0.2) is 0 Å². The second kappa shape index (κ2) is 2.25. The van der Waals surface area contributed by atoms with Crippen LogP contribution >= 0.6 is 0 Å². The van der Waals surface area contributed by atoms with Gasteiger partial charge >= 0.3 is 0 Å². The maximum absolute atomic E-state index is 2.46. The molecule has 0 aromatic rings. The van der Waals surface area contributed by atoms with Gasteiger partial charge in [0, 0.05) is 0 Å². The average Bonchev–Trinajstić information content (AvgIpc) is 2.39. The lowest BCUT2D eigenvalue weighted by molar-refractivity contribution is 0.462. The molecule has 2 aliphatic rings. The Bertz CT molecular complexity index is 271. The van der Waals surface area contributed by atoms with Crippen LogP contribution in [0.15, 0.2) is 22.8 Å². The minimum Gasteiger partial charge on any atom is -0.0741 e. The zero-order chi connectivity index (χ0) is 8.93. The van der Waals surface area contributed by atoms with Gasteiger partial charge in [-0.1, -0.05) is 38.0 Å². The number of allylic oxidation sites excluding steroid dienone is 4. The molecule has 2 bridgehead atoms. The summed E-state index contributed by atoms with van der Waals surface area (Å²) in [6.45, 7) is 9.29. The SMILES string of the molecule is CC1=CC2CCC1=C2C(C)(C)C. The Morgan fingerprint density at radius 2 is 2.00 bits per heavy atom. The van der Waals surface area contributed by atoms with E-state index in [1.807, 2.05) is 0 Å². The Morgan fingerprint density at radius 3 is 2.25 bits per heavy atom. The molecule has 0 amide bonds. The maximum Gasteiger partial charge on any atom is -0.000313 e. The summed E-state index contributed by atoms with van der Waals surface area (Å²) in [5.74, 6) is 0.792. The minimum atomic E-state index is 0.394. The largest absolute Gasteiger partial charge is 0.0741 e. The first-order chi connectivity index (χ1) is 5.50. The molecular weight excluding hydrogens is 144 g/mol. The highest BCUT2D eigenvalue weighted by Gasteiger charge is 2.36. The Labute approximate surface area is 75.4 Å². The quantitative estimate of drug-likeness (QED) is 0.509. The van der Waals surface area contributed by atoms with Crippen molar-refractivity contribution in [1.29, 1.82) is 0 Å². The van der Waals surface area contributed by atoms with Gasteiger partial charge in [-0.25, -0.2) is 0 Å². The van der Waals surface area contributed by atoms with Crippen molar-refractivity contribution in [3.63, 3.8) is 0 Å². The van der Waals surface area contributed by atoms with Crippen LogP contribution in [0.1, 0.15) is 40.5 Å².